The summed E-state index contributed by atoms with van der Waals surface area (Å²) in [7, 11) is 0. The first-order chi connectivity index (χ1) is 11.5. The number of terminal acetylenes is 1. The Balaban J connectivity index is 2.17. The average Bonchev–Trinajstić information content (AvgIpc) is 2.89. The van der Waals surface area contributed by atoms with Crippen molar-refractivity contribution in [1.29, 1.82) is 0 Å². The first kappa shape index (κ1) is 16.5. The molecule has 3 rings (SSSR count). The zero-order chi connectivity index (χ0) is 17.3. The number of fused-ring (bicyclic) bond motifs is 1. The van der Waals surface area contributed by atoms with Gasteiger partial charge in [0.05, 0.1) is 21.8 Å². The number of rotatable bonds is 2. The van der Waals surface area contributed by atoms with Gasteiger partial charge in [0.1, 0.15) is 0 Å². The van der Waals surface area contributed by atoms with E-state index >= 15 is 0 Å². The SMILES string of the molecule is C#CCn1c(=NC(=O)c2ccc(C)c(C)c2)sc2cccc(Cl)c21. The zero-order valence-electron chi connectivity index (χ0n) is 13.3. The van der Waals surface area contributed by atoms with Crippen molar-refractivity contribution < 1.29 is 4.79 Å². The third-order valence-electron chi connectivity index (χ3n) is 3.85. The fourth-order valence-corrected chi connectivity index (χ4v) is 3.82. The minimum atomic E-state index is -0.286. The summed E-state index contributed by atoms with van der Waals surface area (Å²) in [5, 5.41) is 0.596. The van der Waals surface area contributed by atoms with Gasteiger partial charge in [0.2, 0.25) is 0 Å². The Morgan fingerprint density at radius 3 is 2.79 bits per heavy atom. The van der Waals surface area contributed by atoms with Crippen molar-refractivity contribution >= 4 is 39.1 Å². The molecule has 0 aliphatic carbocycles. The van der Waals surface area contributed by atoms with E-state index in [4.69, 9.17) is 18.0 Å². The van der Waals surface area contributed by atoms with Crippen molar-refractivity contribution in [1.82, 2.24) is 4.57 Å². The van der Waals surface area contributed by atoms with Crippen molar-refractivity contribution in [3.63, 3.8) is 0 Å². The van der Waals surface area contributed by atoms with Gasteiger partial charge in [-0.05, 0) is 49.2 Å². The van der Waals surface area contributed by atoms with E-state index in [1.165, 1.54) is 11.3 Å². The standard InChI is InChI=1S/C19H15ClN2OS/c1-4-10-22-17-15(20)6-5-7-16(17)24-19(22)21-18(23)14-9-8-12(2)13(3)11-14/h1,5-9,11H,10H2,2-3H3. The van der Waals surface area contributed by atoms with Crippen molar-refractivity contribution in [3.8, 4) is 12.3 Å². The van der Waals surface area contributed by atoms with Crippen LogP contribution in [0.5, 0.6) is 0 Å². The fourth-order valence-electron chi connectivity index (χ4n) is 2.44. The lowest BCUT2D eigenvalue weighted by Gasteiger charge is -2.03. The first-order valence-electron chi connectivity index (χ1n) is 7.39. The number of nitrogens with zero attached hydrogens (tertiary/aromatic N) is 2. The Bertz CT molecular complexity index is 1050. The summed E-state index contributed by atoms with van der Waals surface area (Å²) < 4.78 is 2.76. The van der Waals surface area contributed by atoms with Crippen LogP contribution in [0.4, 0.5) is 0 Å². The van der Waals surface area contributed by atoms with Gasteiger partial charge in [-0.1, -0.05) is 41.0 Å². The monoisotopic (exact) mass is 354 g/mol. The van der Waals surface area contributed by atoms with Crippen LogP contribution in [0.3, 0.4) is 0 Å². The molecule has 0 bridgehead atoms. The number of carbonyl (C=O) groups excluding carboxylic acids is 1. The summed E-state index contributed by atoms with van der Waals surface area (Å²) >= 11 is 7.70. The second-order valence-electron chi connectivity index (χ2n) is 5.48. The number of carbonyl (C=O) groups is 1. The number of hydrogen-bond acceptors (Lipinski definition) is 2. The molecule has 0 spiro atoms. The van der Waals surface area contributed by atoms with Gasteiger partial charge in [-0.3, -0.25) is 4.79 Å². The third kappa shape index (κ3) is 3.01. The summed E-state index contributed by atoms with van der Waals surface area (Å²) in [6.07, 6.45) is 5.47. The molecule has 5 heteroatoms. The van der Waals surface area contributed by atoms with Gasteiger partial charge < -0.3 is 4.57 Å². The lowest BCUT2D eigenvalue weighted by molar-refractivity contribution is 0.0998. The normalized spacial score (nSPS) is 11.7. The molecule has 3 nitrogen and oxygen atoms in total. The molecule has 0 fully saturated rings. The minimum absolute atomic E-state index is 0.286. The Hall–Kier alpha value is -2.35. The molecule has 24 heavy (non-hydrogen) atoms. The molecule has 0 saturated carbocycles. The van der Waals surface area contributed by atoms with Gasteiger partial charge in [-0.2, -0.15) is 4.99 Å². The molecule has 0 aliphatic heterocycles. The van der Waals surface area contributed by atoms with Gasteiger partial charge in [0.15, 0.2) is 4.80 Å². The van der Waals surface area contributed by atoms with E-state index in [0.717, 1.165) is 21.3 Å². The van der Waals surface area contributed by atoms with Crippen LogP contribution in [0.25, 0.3) is 10.2 Å². The minimum Gasteiger partial charge on any atom is -0.303 e. The Kier molecular flexibility index (Phi) is 4.57. The number of para-hydroxylation sites is 1. The fraction of sp³-hybridized carbons (Fsp3) is 0.158. The van der Waals surface area contributed by atoms with E-state index in [1.54, 1.807) is 16.7 Å². The predicted octanol–water partition coefficient (Wildman–Crippen LogP) is 4.35. The summed E-state index contributed by atoms with van der Waals surface area (Å²) in [4.78, 5) is 17.4. The van der Waals surface area contributed by atoms with Crippen LogP contribution in [0.1, 0.15) is 21.5 Å². The maximum absolute atomic E-state index is 12.5. The molecule has 0 unspecified atom stereocenters. The molecular formula is C19H15ClN2OS. The van der Waals surface area contributed by atoms with Gasteiger partial charge in [0, 0.05) is 5.56 Å². The van der Waals surface area contributed by atoms with Gasteiger partial charge >= 0.3 is 0 Å². The number of halogens is 1. The highest BCUT2D eigenvalue weighted by atomic mass is 35.5. The maximum atomic E-state index is 12.5. The Labute approximate surface area is 149 Å². The van der Waals surface area contributed by atoms with Crippen LogP contribution in [-0.2, 0) is 6.54 Å². The highest BCUT2D eigenvalue weighted by molar-refractivity contribution is 7.16. The highest BCUT2D eigenvalue weighted by Gasteiger charge is 2.11. The molecule has 0 radical (unpaired) electrons. The van der Waals surface area contributed by atoms with E-state index in [0.29, 0.717) is 21.9 Å². The second-order valence-corrected chi connectivity index (χ2v) is 6.89. The number of aryl methyl sites for hydroxylation is 2. The van der Waals surface area contributed by atoms with Crippen LogP contribution in [0.2, 0.25) is 5.02 Å². The lowest BCUT2D eigenvalue weighted by atomic mass is 10.1. The molecule has 0 N–H and O–H groups in total. The molecule has 120 valence electrons. The van der Waals surface area contributed by atoms with E-state index in [-0.39, 0.29) is 5.91 Å². The summed E-state index contributed by atoms with van der Waals surface area (Å²) in [5.74, 6) is 2.31. The highest BCUT2D eigenvalue weighted by Crippen LogP contribution is 2.25. The number of hydrogen-bond donors (Lipinski definition) is 0. The number of aromatic nitrogens is 1. The van der Waals surface area contributed by atoms with Crippen LogP contribution in [0.15, 0.2) is 41.4 Å². The molecule has 1 amide bonds. The Morgan fingerprint density at radius 2 is 2.08 bits per heavy atom. The van der Waals surface area contributed by atoms with Crippen molar-refractivity contribution in [3.05, 3.63) is 62.9 Å². The smallest absolute Gasteiger partial charge is 0.279 e. The number of amides is 1. The van der Waals surface area contributed by atoms with Crippen LogP contribution in [-0.4, -0.2) is 10.5 Å². The largest absolute Gasteiger partial charge is 0.303 e. The summed E-state index contributed by atoms with van der Waals surface area (Å²) in [6, 6.07) is 11.2. The van der Waals surface area contributed by atoms with E-state index in [9.17, 15) is 4.79 Å². The molecule has 2 aromatic carbocycles. The maximum Gasteiger partial charge on any atom is 0.279 e. The molecule has 1 heterocycles. The van der Waals surface area contributed by atoms with Crippen LogP contribution < -0.4 is 4.80 Å². The van der Waals surface area contributed by atoms with Gasteiger partial charge in [-0.25, -0.2) is 0 Å². The third-order valence-corrected chi connectivity index (χ3v) is 5.20. The molecule has 0 atom stereocenters. The van der Waals surface area contributed by atoms with Crippen molar-refractivity contribution in [2.24, 2.45) is 4.99 Å². The quantitative estimate of drug-likeness (QED) is 0.630. The lowest BCUT2D eigenvalue weighted by Crippen LogP contribution is -2.16. The van der Waals surface area contributed by atoms with E-state index in [1.807, 2.05) is 38.1 Å². The van der Waals surface area contributed by atoms with Crippen LogP contribution in [0, 0.1) is 26.2 Å². The molecule has 1 aromatic heterocycles. The van der Waals surface area contributed by atoms with E-state index in [2.05, 4.69) is 10.9 Å². The van der Waals surface area contributed by atoms with Crippen molar-refractivity contribution in [2.45, 2.75) is 20.4 Å². The predicted molar refractivity (Wildman–Crippen MR) is 99.5 cm³/mol. The Morgan fingerprint density at radius 1 is 1.29 bits per heavy atom. The topological polar surface area (TPSA) is 34.4 Å². The zero-order valence-corrected chi connectivity index (χ0v) is 14.9. The van der Waals surface area contributed by atoms with Gasteiger partial charge in [0.25, 0.3) is 5.91 Å². The second kappa shape index (κ2) is 6.64. The number of benzene rings is 2. The first-order valence-corrected chi connectivity index (χ1v) is 8.58. The van der Waals surface area contributed by atoms with Crippen LogP contribution >= 0.6 is 22.9 Å². The molecular weight excluding hydrogens is 340 g/mol. The number of thiazole rings is 1. The van der Waals surface area contributed by atoms with E-state index < -0.39 is 0 Å². The molecule has 3 aromatic rings. The van der Waals surface area contributed by atoms with Gasteiger partial charge in [-0.15, -0.1) is 6.42 Å². The van der Waals surface area contributed by atoms with Crippen molar-refractivity contribution in [2.75, 3.05) is 0 Å². The molecule has 0 aliphatic rings. The summed E-state index contributed by atoms with van der Waals surface area (Å²) in [6.45, 7) is 4.29. The average molecular weight is 355 g/mol. The molecule has 0 saturated heterocycles. The summed E-state index contributed by atoms with van der Waals surface area (Å²) in [5.41, 5.74) is 3.58.